The van der Waals surface area contributed by atoms with E-state index in [1.165, 1.54) is 11.8 Å². The quantitative estimate of drug-likeness (QED) is 0.497. The van der Waals surface area contributed by atoms with Crippen molar-refractivity contribution in [3.05, 3.63) is 77.3 Å². The van der Waals surface area contributed by atoms with E-state index >= 15 is 0 Å². The van der Waals surface area contributed by atoms with E-state index in [4.69, 9.17) is 31.1 Å². The number of carbonyl (C=O) groups is 1. The predicted octanol–water partition coefficient (Wildman–Crippen LogP) is 6.04. The first kappa shape index (κ1) is 21.6. The van der Waals surface area contributed by atoms with Gasteiger partial charge in [-0.15, -0.1) is 11.8 Å². The molecule has 0 spiro atoms. The van der Waals surface area contributed by atoms with Gasteiger partial charge < -0.3 is 14.8 Å². The minimum Gasteiger partial charge on any atom is -0.486 e. The van der Waals surface area contributed by atoms with E-state index in [1.54, 1.807) is 18.2 Å². The summed E-state index contributed by atoms with van der Waals surface area (Å²) in [7, 11) is 0. The summed E-state index contributed by atoms with van der Waals surface area (Å²) in [5.74, 6) is 1.43. The van der Waals surface area contributed by atoms with Crippen LogP contribution in [0.4, 0.5) is 17.1 Å². The summed E-state index contributed by atoms with van der Waals surface area (Å²) in [5.41, 5.74) is 4.12. The average molecular weight is 478 g/mol. The summed E-state index contributed by atoms with van der Waals surface area (Å²) in [6.45, 7) is 1.03. The maximum atomic E-state index is 12.6. The van der Waals surface area contributed by atoms with Gasteiger partial charge in [0.1, 0.15) is 13.2 Å². The molecule has 1 N–H and O–H groups in total. The van der Waals surface area contributed by atoms with Gasteiger partial charge in [-0.25, -0.2) is 4.99 Å². The first-order valence-corrected chi connectivity index (χ1v) is 11.8. The number of rotatable bonds is 4. The number of aliphatic imine (C=N–C) groups is 2. The number of hydrogen-bond donors (Lipinski definition) is 1. The van der Waals surface area contributed by atoms with Crippen LogP contribution in [0.3, 0.4) is 0 Å². The van der Waals surface area contributed by atoms with Gasteiger partial charge in [0.05, 0.1) is 27.9 Å². The monoisotopic (exact) mass is 477 g/mol. The molecule has 0 bridgehead atoms. The molecule has 0 radical (unpaired) electrons. The molecule has 2 heterocycles. The minimum absolute atomic E-state index is 0.123. The fraction of sp³-hybridized carbons (Fsp3) is 0.160. The van der Waals surface area contributed by atoms with Crippen LogP contribution < -0.4 is 14.8 Å². The Morgan fingerprint density at radius 1 is 0.939 bits per heavy atom. The van der Waals surface area contributed by atoms with Crippen LogP contribution in [0, 0.1) is 0 Å². The zero-order valence-electron chi connectivity index (χ0n) is 17.6. The number of nitrogens with one attached hydrogen (secondary N) is 1. The van der Waals surface area contributed by atoms with Crippen LogP contribution in [0.15, 0.2) is 76.7 Å². The highest BCUT2D eigenvalue weighted by Gasteiger charge is 2.17. The maximum absolute atomic E-state index is 12.6. The number of halogens is 1. The largest absolute Gasteiger partial charge is 0.486 e. The van der Waals surface area contributed by atoms with Crippen LogP contribution in [-0.2, 0) is 4.79 Å². The molecule has 3 aromatic rings. The summed E-state index contributed by atoms with van der Waals surface area (Å²) in [4.78, 5) is 22.3. The summed E-state index contributed by atoms with van der Waals surface area (Å²) in [6, 6.07) is 20.7. The molecule has 0 unspecified atom stereocenters. The van der Waals surface area contributed by atoms with Gasteiger partial charge in [-0.05, 0) is 42.0 Å². The molecule has 0 atom stereocenters. The lowest BCUT2D eigenvalue weighted by atomic mass is 10.1. The fourth-order valence-electron chi connectivity index (χ4n) is 3.51. The highest BCUT2D eigenvalue weighted by Crippen LogP contribution is 2.34. The normalized spacial score (nSPS) is 14.5. The molecule has 0 fully saturated rings. The zero-order chi connectivity index (χ0) is 22.6. The molecule has 166 valence electrons. The van der Waals surface area contributed by atoms with Crippen molar-refractivity contribution in [1.29, 1.82) is 0 Å². The summed E-state index contributed by atoms with van der Waals surface area (Å²) >= 11 is 7.46. The third kappa shape index (κ3) is 5.21. The first-order valence-electron chi connectivity index (χ1n) is 10.5. The number of ether oxygens (including phenoxy) is 2. The van der Waals surface area contributed by atoms with Crippen LogP contribution in [0.5, 0.6) is 11.5 Å². The van der Waals surface area contributed by atoms with Crippen molar-refractivity contribution >= 4 is 57.1 Å². The van der Waals surface area contributed by atoms with Gasteiger partial charge >= 0.3 is 0 Å². The number of amides is 1. The van der Waals surface area contributed by atoms with E-state index in [9.17, 15) is 4.79 Å². The van der Waals surface area contributed by atoms with Gasteiger partial charge in [-0.2, -0.15) is 0 Å². The van der Waals surface area contributed by atoms with Gasteiger partial charge in [0, 0.05) is 23.2 Å². The molecular weight excluding hydrogens is 458 g/mol. The Labute approximate surface area is 200 Å². The van der Waals surface area contributed by atoms with Crippen molar-refractivity contribution in [2.45, 2.75) is 6.42 Å². The van der Waals surface area contributed by atoms with Crippen molar-refractivity contribution in [2.24, 2.45) is 9.98 Å². The van der Waals surface area contributed by atoms with E-state index in [0.717, 1.165) is 27.7 Å². The lowest BCUT2D eigenvalue weighted by Crippen LogP contribution is -2.18. The molecule has 8 heteroatoms. The second-order valence-corrected chi connectivity index (χ2v) is 8.92. The van der Waals surface area contributed by atoms with Crippen LogP contribution in [0.1, 0.15) is 12.0 Å². The Bertz CT molecular complexity index is 1260. The van der Waals surface area contributed by atoms with Crippen LogP contribution in [0.25, 0.3) is 0 Å². The molecule has 3 aromatic carbocycles. The second-order valence-electron chi connectivity index (χ2n) is 7.43. The Kier molecular flexibility index (Phi) is 6.32. The lowest BCUT2D eigenvalue weighted by molar-refractivity contribution is -0.113. The number of para-hydroxylation sites is 2. The smallest absolute Gasteiger partial charge is 0.234 e. The number of anilines is 1. The molecular formula is C25H20ClN3O3S. The SMILES string of the molecule is O=C(CSC1=Nc2ccccc2N=C(c2ccc(Cl)cc2)C1)Nc1ccc2c(c1)OCCO2. The number of nitrogens with zero attached hydrogens (tertiary/aromatic N) is 2. The Morgan fingerprint density at radius 3 is 2.45 bits per heavy atom. The highest BCUT2D eigenvalue weighted by atomic mass is 35.5. The van der Waals surface area contributed by atoms with Crippen LogP contribution >= 0.6 is 23.4 Å². The van der Waals surface area contributed by atoms with Gasteiger partial charge in [0.2, 0.25) is 5.91 Å². The molecule has 0 saturated carbocycles. The summed E-state index contributed by atoms with van der Waals surface area (Å²) in [6.07, 6.45) is 0.526. The fourth-order valence-corrected chi connectivity index (χ4v) is 4.41. The maximum Gasteiger partial charge on any atom is 0.234 e. The first-order chi connectivity index (χ1) is 16.1. The zero-order valence-corrected chi connectivity index (χ0v) is 19.2. The lowest BCUT2D eigenvalue weighted by Gasteiger charge is -2.19. The Balaban J connectivity index is 1.30. The van der Waals surface area contributed by atoms with E-state index in [0.29, 0.717) is 41.8 Å². The van der Waals surface area contributed by atoms with E-state index in [2.05, 4.69) is 5.32 Å². The molecule has 5 rings (SSSR count). The van der Waals surface area contributed by atoms with Crippen LogP contribution in [-0.4, -0.2) is 35.6 Å². The third-order valence-corrected chi connectivity index (χ3v) is 6.30. The van der Waals surface area contributed by atoms with Crippen molar-refractivity contribution in [1.82, 2.24) is 0 Å². The molecule has 0 saturated heterocycles. The second kappa shape index (κ2) is 9.68. The number of benzene rings is 3. The highest BCUT2D eigenvalue weighted by molar-refractivity contribution is 8.14. The van der Waals surface area contributed by atoms with E-state index in [-0.39, 0.29) is 11.7 Å². The van der Waals surface area contributed by atoms with Gasteiger partial charge in [0.15, 0.2) is 11.5 Å². The van der Waals surface area contributed by atoms with E-state index in [1.807, 2.05) is 48.5 Å². The van der Waals surface area contributed by atoms with Crippen molar-refractivity contribution < 1.29 is 14.3 Å². The molecule has 2 aliphatic rings. The summed E-state index contributed by atoms with van der Waals surface area (Å²) < 4.78 is 11.1. The van der Waals surface area contributed by atoms with Gasteiger partial charge in [0.25, 0.3) is 0 Å². The topological polar surface area (TPSA) is 72.3 Å². The number of carbonyl (C=O) groups excluding carboxylic acids is 1. The average Bonchev–Trinajstić information content (AvgIpc) is 3.02. The van der Waals surface area contributed by atoms with E-state index < -0.39 is 0 Å². The van der Waals surface area contributed by atoms with Crippen molar-refractivity contribution in [3.63, 3.8) is 0 Å². The molecule has 2 aliphatic heterocycles. The molecule has 1 amide bonds. The Hall–Kier alpha value is -3.29. The number of hydrogen-bond acceptors (Lipinski definition) is 6. The van der Waals surface area contributed by atoms with Crippen molar-refractivity contribution in [3.8, 4) is 11.5 Å². The molecule has 0 aliphatic carbocycles. The van der Waals surface area contributed by atoms with Gasteiger partial charge in [-0.1, -0.05) is 35.9 Å². The van der Waals surface area contributed by atoms with Gasteiger partial charge in [-0.3, -0.25) is 9.79 Å². The van der Waals surface area contributed by atoms with Crippen molar-refractivity contribution in [2.75, 3.05) is 24.3 Å². The molecule has 0 aromatic heterocycles. The minimum atomic E-state index is -0.123. The third-order valence-electron chi connectivity index (χ3n) is 5.07. The number of fused-ring (bicyclic) bond motifs is 2. The predicted molar refractivity (Wildman–Crippen MR) is 134 cm³/mol. The molecule has 33 heavy (non-hydrogen) atoms. The van der Waals surface area contributed by atoms with Crippen LogP contribution in [0.2, 0.25) is 5.02 Å². The molecule has 6 nitrogen and oxygen atoms in total. The standard InChI is InChI=1S/C25H20ClN3O3S/c26-17-7-5-16(6-8-17)21-14-25(29-20-4-2-1-3-19(20)28-21)33-15-24(30)27-18-9-10-22-23(13-18)32-12-11-31-22/h1-10,13H,11-12,14-15H2,(H,27,30). The Morgan fingerprint density at radius 2 is 1.67 bits per heavy atom. The number of thioether (sulfide) groups is 1. The summed E-state index contributed by atoms with van der Waals surface area (Å²) in [5, 5.41) is 4.42.